The van der Waals surface area contributed by atoms with Gasteiger partial charge in [-0.2, -0.15) is 0 Å². The minimum atomic E-state index is 0. The number of amides is 1. The summed E-state index contributed by atoms with van der Waals surface area (Å²) in [6.45, 7) is 6.41. The molecule has 1 fully saturated rings. The van der Waals surface area contributed by atoms with E-state index >= 15 is 0 Å². The topological polar surface area (TPSA) is 66.0 Å². The zero-order valence-corrected chi connectivity index (χ0v) is 21.4. The molecular formula is C25H35IN4O2. The van der Waals surface area contributed by atoms with Crippen molar-refractivity contribution in [2.24, 2.45) is 10.9 Å². The molecule has 174 valence electrons. The van der Waals surface area contributed by atoms with Gasteiger partial charge in [-0.15, -0.1) is 24.0 Å². The first-order valence-corrected chi connectivity index (χ1v) is 11.1. The SMILES string of the molecule is CCNC(=NCc1ccc(COC)cc1)NCC1CC(=O)N(CCc2ccccc2)C1.I. The molecule has 7 heteroatoms. The summed E-state index contributed by atoms with van der Waals surface area (Å²) in [5.41, 5.74) is 3.58. The van der Waals surface area contributed by atoms with Gasteiger partial charge in [0, 0.05) is 45.6 Å². The van der Waals surface area contributed by atoms with Crippen LogP contribution in [-0.2, 0) is 29.1 Å². The normalized spacial score (nSPS) is 16.1. The summed E-state index contributed by atoms with van der Waals surface area (Å²) in [6, 6.07) is 18.7. The van der Waals surface area contributed by atoms with Crippen LogP contribution < -0.4 is 10.6 Å². The lowest BCUT2D eigenvalue weighted by atomic mass is 10.1. The number of nitrogens with zero attached hydrogens (tertiary/aromatic N) is 2. The number of benzene rings is 2. The lowest BCUT2D eigenvalue weighted by Crippen LogP contribution is -2.40. The number of likely N-dealkylation sites (tertiary alicyclic amines) is 1. The first-order valence-electron chi connectivity index (χ1n) is 11.1. The molecule has 0 radical (unpaired) electrons. The van der Waals surface area contributed by atoms with E-state index in [1.54, 1.807) is 7.11 Å². The smallest absolute Gasteiger partial charge is 0.223 e. The third kappa shape index (κ3) is 8.43. The predicted molar refractivity (Wildman–Crippen MR) is 140 cm³/mol. The number of halogens is 1. The molecule has 1 heterocycles. The van der Waals surface area contributed by atoms with Crippen molar-refractivity contribution in [1.82, 2.24) is 15.5 Å². The first-order chi connectivity index (χ1) is 15.2. The molecule has 2 N–H and O–H groups in total. The van der Waals surface area contributed by atoms with Crippen molar-refractivity contribution in [2.45, 2.75) is 32.9 Å². The molecule has 6 nitrogen and oxygen atoms in total. The van der Waals surface area contributed by atoms with Gasteiger partial charge in [0.05, 0.1) is 13.2 Å². The third-order valence-electron chi connectivity index (χ3n) is 5.46. The number of ether oxygens (including phenoxy) is 1. The summed E-state index contributed by atoms with van der Waals surface area (Å²) in [5, 5.41) is 6.72. The fourth-order valence-electron chi connectivity index (χ4n) is 3.78. The molecule has 1 aliphatic heterocycles. The molecule has 1 atom stereocenters. The molecule has 2 aromatic carbocycles. The number of aliphatic imine (C=N–C) groups is 1. The van der Waals surface area contributed by atoms with E-state index in [0.29, 0.717) is 25.5 Å². The number of hydrogen-bond donors (Lipinski definition) is 2. The van der Waals surface area contributed by atoms with Gasteiger partial charge in [-0.1, -0.05) is 54.6 Å². The molecular weight excluding hydrogens is 515 g/mol. The largest absolute Gasteiger partial charge is 0.380 e. The van der Waals surface area contributed by atoms with E-state index in [9.17, 15) is 4.79 Å². The molecule has 1 saturated heterocycles. The van der Waals surface area contributed by atoms with E-state index in [0.717, 1.165) is 49.7 Å². The Morgan fingerprint density at radius 3 is 2.47 bits per heavy atom. The molecule has 1 amide bonds. The number of hydrogen-bond acceptors (Lipinski definition) is 3. The van der Waals surface area contributed by atoms with Crippen LogP contribution in [0.5, 0.6) is 0 Å². The third-order valence-corrected chi connectivity index (χ3v) is 5.46. The van der Waals surface area contributed by atoms with Crippen molar-refractivity contribution in [3.63, 3.8) is 0 Å². The quantitative estimate of drug-likeness (QED) is 0.270. The molecule has 1 unspecified atom stereocenters. The van der Waals surface area contributed by atoms with Gasteiger partial charge in [-0.25, -0.2) is 4.99 Å². The molecule has 0 aromatic heterocycles. The van der Waals surface area contributed by atoms with Crippen LogP contribution in [0.3, 0.4) is 0 Å². The van der Waals surface area contributed by atoms with Gasteiger partial charge in [0.1, 0.15) is 0 Å². The highest BCUT2D eigenvalue weighted by Gasteiger charge is 2.29. The van der Waals surface area contributed by atoms with Crippen molar-refractivity contribution in [3.05, 3.63) is 71.3 Å². The fourth-order valence-corrected chi connectivity index (χ4v) is 3.78. The van der Waals surface area contributed by atoms with Gasteiger partial charge in [0.25, 0.3) is 0 Å². The van der Waals surface area contributed by atoms with Crippen LogP contribution in [0.25, 0.3) is 0 Å². The summed E-state index contributed by atoms with van der Waals surface area (Å²) in [5.74, 6) is 1.35. The molecule has 0 aliphatic carbocycles. The summed E-state index contributed by atoms with van der Waals surface area (Å²) in [6.07, 6.45) is 1.50. The summed E-state index contributed by atoms with van der Waals surface area (Å²) in [7, 11) is 1.70. The van der Waals surface area contributed by atoms with Crippen molar-refractivity contribution in [3.8, 4) is 0 Å². The summed E-state index contributed by atoms with van der Waals surface area (Å²) < 4.78 is 5.16. The zero-order chi connectivity index (χ0) is 21.9. The fraction of sp³-hybridized carbons (Fsp3) is 0.440. The second kappa shape index (κ2) is 14.1. The highest BCUT2D eigenvalue weighted by Crippen LogP contribution is 2.17. The number of nitrogens with one attached hydrogen (secondary N) is 2. The molecule has 0 spiro atoms. The standard InChI is InChI=1S/C25H34N4O2.HI/c1-3-26-25(27-16-21-9-11-22(12-10-21)19-31-2)28-17-23-15-24(30)29(18-23)14-13-20-7-5-4-6-8-20;/h4-12,23H,3,13-19H2,1-2H3,(H2,26,27,28);1H. The van der Waals surface area contributed by atoms with Gasteiger partial charge in [0.2, 0.25) is 5.91 Å². The van der Waals surface area contributed by atoms with E-state index in [4.69, 9.17) is 9.73 Å². The van der Waals surface area contributed by atoms with Crippen LogP contribution in [0.2, 0.25) is 0 Å². The van der Waals surface area contributed by atoms with Gasteiger partial charge < -0.3 is 20.3 Å². The number of methoxy groups -OCH3 is 1. The van der Waals surface area contributed by atoms with E-state index in [2.05, 4.69) is 54.0 Å². The molecule has 1 aliphatic rings. The van der Waals surface area contributed by atoms with Crippen LogP contribution in [0, 0.1) is 5.92 Å². The zero-order valence-electron chi connectivity index (χ0n) is 19.0. The second-order valence-corrected chi connectivity index (χ2v) is 7.97. The molecule has 0 bridgehead atoms. The number of rotatable bonds is 10. The highest BCUT2D eigenvalue weighted by atomic mass is 127. The van der Waals surface area contributed by atoms with Crippen LogP contribution in [0.4, 0.5) is 0 Å². The van der Waals surface area contributed by atoms with Crippen molar-refractivity contribution in [2.75, 3.05) is 33.3 Å². The number of carbonyl (C=O) groups is 1. The maximum Gasteiger partial charge on any atom is 0.223 e. The van der Waals surface area contributed by atoms with Crippen molar-refractivity contribution in [1.29, 1.82) is 0 Å². The monoisotopic (exact) mass is 550 g/mol. The average molecular weight is 550 g/mol. The van der Waals surface area contributed by atoms with E-state index in [-0.39, 0.29) is 29.9 Å². The van der Waals surface area contributed by atoms with Crippen LogP contribution in [-0.4, -0.2) is 50.1 Å². The maximum absolute atomic E-state index is 12.4. The maximum atomic E-state index is 12.4. The van der Waals surface area contributed by atoms with Gasteiger partial charge in [-0.3, -0.25) is 4.79 Å². The Morgan fingerprint density at radius 2 is 1.78 bits per heavy atom. The Morgan fingerprint density at radius 1 is 1.06 bits per heavy atom. The van der Waals surface area contributed by atoms with Crippen LogP contribution >= 0.6 is 24.0 Å². The molecule has 3 rings (SSSR count). The number of carbonyl (C=O) groups excluding carboxylic acids is 1. The van der Waals surface area contributed by atoms with Gasteiger partial charge in [0.15, 0.2) is 5.96 Å². The van der Waals surface area contributed by atoms with Crippen LogP contribution in [0.15, 0.2) is 59.6 Å². The van der Waals surface area contributed by atoms with E-state index < -0.39 is 0 Å². The first kappa shape index (κ1) is 26.1. The van der Waals surface area contributed by atoms with Gasteiger partial charge in [-0.05, 0) is 30.0 Å². The van der Waals surface area contributed by atoms with Crippen molar-refractivity contribution < 1.29 is 9.53 Å². The minimum Gasteiger partial charge on any atom is -0.380 e. The molecule has 32 heavy (non-hydrogen) atoms. The summed E-state index contributed by atoms with van der Waals surface area (Å²) in [4.78, 5) is 19.1. The summed E-state index contributed by atoms with van der Waals surface area (Å²) >= 11 is 0. The highest BCUT2D eigenvalue weighted by molar-refractivity contribution is 14.0. The lowest BCUT2D eigenvalue weighted by Gasteiger charge is -2.18. The van der Waals surface area contributed by atoms with E-state index in [1.807, 2.05) is 23.1 Å². The van der Waals surface area contributed by atoms with Crippen molar-refractivity contribution >= 4 is 35.8 Å². The second-order valence-electron chi connectivity index (χ2n) is 7.97. The average Bonchev–Trinajstić information content (AvgIpc) is 3.15. The lowest BCUT2D eigenvalue weighted by molar-refractivity contribution is -0.127. The Balaban J connectivity index is 0.00000363. The van der Waals surface area contributed by atoms with Gasteiger partial charge >= 0.3 is 0 Å². The Kier molecular flexibility index (Phi) is 11.5. The Labute approximate surface area is 208 Å². The Hall–Kier alpha value is -2.13. The Bertz CT molecular complexity index is 843. The molecule has 2 aromatic rings. The van der Waals surface area contributed by atoms with E-state index in [1.165, 1.54) is 5.56 Å². The number of guanidine groups is 1. The van der Waals surface area contributed by atoms with Crippen LogP contribution in [0.1, 0.15) is 30.0 Å². The molecule has 0 saturated carbocycles. The predicted octanol–water partition coefficient (Wildman–Crippen LogP) is 3.60. The minimum absolute atomic E-state index is 0.